The minimum Gasteiger partial charge on any atom is -0.497 e. The molecule has 1 atom stereocenters. The molecule has 1 aliphatic heterocycles. The van der Waals surface area contributed by atoms with Crippen LogP contribution in [0.15, 0.2) is 29.8 Å². The molecule has 3 rings (SSSR count). The molecule has 0 aliphatic carbocycles. The molecular formula is C18H22N2O2S. The number of aryl methyl sites for hydroxylation is 2. The fourth-order valence-corrected chi connectivity index (χ4v) is 3.97. The number of aromatic nitrogens is 1. The Kier molecular flexibility index (Phi) is 4.96. The average molecular weight is 330 g/mol. The maximum atomic E-state index is 12.7. The number of rotatable bonds is 5. The third-order valence-electron chi connectivity index (χ3n) is 4.46. The third kappa shape index (κ3) is 3.55. The van der Waals surface area contributed by atoms with E-state index in [2.05, 4.69) is 11.1 Å². The summed E-state index contributed by atoms with van der Waals surface area (Å²) < 4.78 is 5.31. The van der Waals surface area contributed by atoms with E-state index < -0.39 is 0 Å². The van der Waals surface area contributed by atoms with E-state index in [1.165, 1.54) is 10.4 Å². The van der Waals surface area contributed by atoms with Crippen molar-refractivity contribution in [2.45, 2.75) is 38.6 Å². The number of hydrogen-bond donors (Lipinski definition) is 0. The van der Waals surface area contributed by atoms with Crippen molar-refractivity contribution in [3.05, 3.63) is 45.9 Å². The minimum atomic E-state index is 0.181. The third-order valence-corrected chi connectivity index (χ3v) is 5.46. The molecule has 0 bridgehead atoms. The molecule has 1 saturated heterocycles. The van der Waals surface area contributed by atoms with Crippen LogP contribution in [0.3, 0.4) is 0 Å². The summed E-state index contributed by atoms with van der Waals surface area (Å²) in [5, 5.41) is 0. The Morgan fingerprint density at radius 3 is 3.09 bits per heavy atom. The quantitative estimate of drug-likeness (QED) is 0.838. The van der Waals surface area contributed by atoms with E-state index in [-0.39, 0.29) is 11.9 Å². The van der Waals surface area contributed by atoms with Crippen molar-refractivity contribution < 1.29 is 9.53 Å². The largest absolute Gasteiger partial charge is 0.497 e. The number of amides is 1. The summed E-state index contributed by atoms with van der Waals surface area (Å²) in [6.45, 7) is 2.85. The number of ether oxygens (including phenoxy) is 1. The van der Waals surface area contributed by atoms with E-state index >= 15 is 0 Å². The van der Waals surface area contributed by atoms with E-state index in [4.69, 9.17) is 4.74 Å². The van der Waals surface area contributed by atoms with Gasteiger partial charge < -0.3 is 9.64 Å². The van der Waals surface area contributed by atoms with Crippen LogP contribution in [-0.4, -0.2) is 29.4 Å². The lowest BCUT2D eigenvalue weighted by Gasteiger charge is -2.25. The van der Waals surface area contributed by atoms with Crippen LogP contribution in [-0.2, 0) is 11.2 Å². The van der Waals surface area contributed by atoms with Gasteiger partial charge in [0.25, 0.3) is 0 Å². The van der Waals surface area contributed by atoms with Gasteiger partial charge in [-0.05, 0) is 43.9 Å². The molecule has 1 aliphatic rings. The fourth-order valence-electron chi connectivity index (χ4n) is 3.19. The molecule has 1 aromatic carbocycles. The Hall–Kier alpha value is -1.88. The zero-order chi connectivity index (χ0) is 16.2. The Bertz CT molecular complexity index is 683. The van der Waals surface area contributed by atoms with Crippen LogP contribution in [0, 0.1) is 6.92 Å². The fraction of sp³-hybridized carbons (Fsp3) is 0.444. The van der Waals surface area contributed by atoms with Crippen molar-refractivity contribution in [1.29, 1.82) is 0 Å². The van der Waals surface area contributed by atoms with E-state index in [1.807, 2.05) is 35.5 Å². The second kappa shape index (κ2) is 7.13. The van der Waals surface area contributed by atoms with Gasteiger partial charge in [0.2, 0.25) is 5.91 Å². The van der Waals surface area contributed by atoms with E-state index in [1.54, 1.807) is 18.4 Å². The monoisotopic (exact) mass is 330 g/mol. The van der Waals surface area contributed by atoms with Gasteiger partial charge in [-0.25, -0.2) is 4.98 Å². The molecule has 1 amide bonds. The zero-order valence-electron chi connectivity index (χ0n) is 13.6. The molecule has 23 heavy (non-hydrogen) atoms. The Balaban J connectivity index is 1.68. The van der Waals surface area contributed by atoms with Crippen LogP contribution >= 0.6 is 11.3 Å². The maximum absolute atomic E-state index is 12.7. The van der Waals surface area contributed by atoms with Crippen LogP contribution < -0.4 is 4.74 Å². The number of nitrogens with zero attached hydrogens (tertiary/aromatic N) is 2. The van der Waals surface area contributed by atoms with Crippen LogP contribution in [0.5, 0.6) is 5.75 Å². The summed E-state index contributed by atoms with van der Waals surface area (Å²) in [5.41, 5.74) is 4.07. The van der Waals surface area contributed by atoms with Gasteiger partial charge in [0.05, 0.1) is 24.4 Å². The molecule has 0 saturated carbocycles. The highest BCUT2D eigenvalue weighted by Gasteiger charge is 2.29. The Labute approximate surface area is 141 Å². The Morgan fingerprint density at radius 1 is 1.48 bits per heavy atom. The summed E-state index contributed by atoms with van der Waals surface area (Å²) in [6, 6.07) is 8.25. The summed E-state index contributed by atoms with van der Waals surface area (Å²) in [5.74, 6) is 1.09. The summed E-state index contributed by atoms with van der Waals surface area (Å²) in [7, 11) is 1.67. The van der Waals surface area contributed by atoms with Crippen LogP contribution in [0.2, 0.25) is 0 Å². The lowest BCUT2D eigenvalue weighted by Crippen LogP contribution is -2.30. The molecule has 1 aromatic heterocycles. The lowest BCUT2D eigenvalue weighted by molar-refractivity contribution is -0.132. The molecule has 122 valence electrons. The van der Waals surface area contributed by atoms with Gasteiger partial charge in [0.1, 0.15) is 5.75 Å². The summed E-state index contributed by atoms with van der Waals surface area (Å²) in [4.78, 5) is 20.2. The lowest BCUT2D eigenvalue weighted by atomic mass is 10.0. The van der Waals surface area contributed by atoms with E-state index in [0.717, 1.165) is 37.3 Å². The van der Waals surface area contributed by atoms with Crippen LogP contribution in [0.1, 0.15) is 41.4 Å². The topological polar surface area (TPSA) is 42.4 Å². The number of likely N-dealkylation sites (tertiary alicyclic amines) is 1. The molecule has 1 fully saturated rings. The van der Waals surface area contributed by atoms with E-state index in [9.17, 15) is 4.79 Å². The molecular weight excluding hydrogens is 308 g/mol. The van der Waals surface area contributed by atoms with Crippen molar-refractivity contribution in [1.82, 2.24) is 9.88 Å². The number of carbonyl (C=O) groups excluding carboxylic acids is 1. The molecule has 2 heterocycles. The van der Waals surface area contributed by atoms with Crippen LogP contribution in [0.4, 0.5) is 0 Å². The van der Waals surface area contributed by atoms with Crippen molar-refractivity contribution in [3.8, 4) is 5.75 Å². The standard InChI is InChI=1S/C18H22N2O2S/c1-13-17(23-12-19-13)8-9-18(21)20-10-4-7-16(20)14-5-3-6-15(11-14)22-2/h3,5-6,11-12,16H,4,7-10H2,1-2H3/t16-/m0/s1. The molecule has 5 heteroatoms. The molecule has 0 unspecified atom stereocenters. The first-order valence-corrected chi connectivity index (χ1v) is 8.89. The van der Waals surface area contributed by atoms with E-state index in [0.29, 0.717) is 6.42 Å². The highest BCUT2D eigenvalue weighted by atomic mass is 32.1. The maximum Gasteiger partial charge on any atom is 0.223 e. The zero-order valence-corrected chi connectivity index (χ0v) is 14.4. The highest BCUT2D eigenvalue weighted by Crippen LogP contribution is 2.34. The van der Waals surface area contributed by atoms with Crippen LogP contribution in [0.25, 0.3) is 0 Å². The summed E-state index contributed by atoms with van der Waals surface area (Å²) in [6.07, 6.45) is 3.44. The van der Waals surface area contributed by atoms with Gasteiger partial charge in [0, 0.05) is 17.8 Å². The highest BCUT2D eigenvalue weighted by molar-refractivity contribution is 7.09. The van der Waals surface area contributed by atoms with Gasteiger partial charge in [0.15, 0.2) is 0 Å². The van der Waals surface area contributed by atoms with Crippen molar-refractivity contribution >= 4 is 17.2 Å². The minimum absolute atomic E-state index is 0.181. The van der Waals surface area contributed by atoms with Crippen molar-refractivity contribution in [2.75, 3.05) is 13.7 Å². The SMILES string of the molecule is COc1cccc([C@@H]2CCCN2C(=O)CCc2scnc2C)c1. The number of methoxy groups -OCH3 is 1. The second-order valence-corrected chi connectivity index (χ2v) is 6.82. The number of benzene rings is 1. The molecule has 0 N–H and O–H groups in total. The van der Waals surface area contributed by atoms with Crippen molar-refractivity contribution in [2.24, 2.45) is 0 Å². The number of hydrogen-bond acceptors (Lipinski definition) is 4. The number of carbonyl (C=O) groups is 1. The Morgan fingerprint density at radius 2 is 2.35 bits per heavy atom. The van der Waals surface area contributed by atoms with Gasteiger partial charge in [-0.2, -0.15) is 0 Å². The molecule has 4 nitrogen and oxygen atoms in total. The summed E-state index contributed by atoms with van der Waals surface area (Å²) >= 11 is 1.64. The van der Waals surface area contributed by atoms with Gasteiger partial charge in [-0.15, -0.1) is 11.3 Å². The average Bonchev–Trinajstić information content (AvgIpc) is 3.21. The van der Waals surface area contributed by atoms with Gasteiger partial charge in [-0.3, -0.25) is 4.79 Å². The first kappa shape index (κ1) is 16.0. The first-order valence-electron chi connectivity index (χ1n) is 8.01. The normalized spacial score (nSPS) is 17.5. The first-order chi connectivity index (χ1) is 11.2. The smallest absolute Gasteiger partial charge is 0.223 e. The molecule has 0 spiro atoms. The number of thiazole rings is 1. The molecule has 2 aromatic rings. The van der Waals surface area contributed by atoms with Gasteiger partial charge >= 0.3 is 0 Å². The van der Waals surface area contributed by atoms with Crippen molar-refractivity contribution in [3.63, 3.8) is 0 Å². The predicted molar refractivity (Wildman–Crippen MR) is 91.9 cm³/mol. The van der Waals surface area contributed by atoms with Gasteiger partial charge in [-0.1, -0.05) is 12.1 Å². The second-order valence-electron chi connectivity index (χ2n) is 5.88. The molecule has 0 radical (unpaired) electrons. The predicted octanol–water partition coefficient (Wildman–Crippen LogP) is 3.76.